The van der Waals surface area contributed by atoms with Crippen LogP contribution in [0.15, 0.2) is 42.9 Å². The second-order valence-corrected chi connectivity index (χ2v) is 9.96. The van der Waals surface area contributed by atoms with Gasteiger partial charge in [-0.1, -0.05) is 17.7 Å². The van der Waals surface area contributed by atoms with Crippen molar-refractivity contribution >= 4 is 28.4 Å². The van der Waals surface area contributed by atoms with E-state index in [0.29, 0.717) is 30.8 Å². The van der Waals surface area contributed by atoms with E-state index in [2.05, 4.69) is 20.5 Å². The zero-order valence-corrected chi connectivity index (χ0v) is 20.4. The van der Waals surface area contributed by atoms with Gasteiger partial charge in [0.1, 0.15) is 0 Å². The summed E-state index contributed by atoms with van der Waals surface area (Å²) in [5.41, 5.74) is 1.38. The van der Waals surface area contributed by atoms with E-state index in [9.17, 15) is 13.6 Å². The van der Waals surface area contributed by atoms with Crippen LogP contribution < -0.4 is 5.32 Å². The Balaban J connectivity index is 1.45. The van der Waals surface area contributed by atoms with Crippen LogP contribution in [0.3, 0.4) is 0 Å². The van der Waals surface area contributed by atoms with Gasteiger partial charge in [0.15, 0.2) is 0 Å². The number of pyridine rings is 1. The summed E-state index contributed by atoms with van der Waals surface area (Å²) in [6, 6.07) is 7.35. The molecule has 9 heteroatoms. The first-order chi connectivity index (χ1) is 16.1. The van der Waals surface area contributed by atoms with Crippen LogP contribution in [-0.2, 0) is 11.2 Å². The van der Waals surface area contributed by atoms with Crippen molar-refractivity contribution in [3.8, 4) is 0 Å². The molecule has 3 aromatic rings. The molecular formula is C25H30ClF2N5O. The maximum atomic E-state index is 14.6. The van der Waals surface area contributed by atoms with Gasteiger partial charge in [0.2, 0.25) is 5.91 Å². The number of carbonyl (C=O) groups is 1. The number of aromatic amines is 1. The zero-order valence-electron chi connectivity index (χ0n) is 19.6. The molecule has 2 atom stereocenters. The molecule has 0 saturated heterocycles. The molecule has 2 heterocycles. The lowest BCUT2D eigenvalue weighted by molar-refractivity contribution is -0.123. The number of benzene rings is 1. The summed E-state index contributed by atoms with van der Waals surface area (Å²) in [5.74, 6) is -3.66. The standard InChI is InChI=1S/C25H30ClF2N5O/c1-24(27,28)25(8-9-25)20(16-6-10-29-11-7-16)13-22(34)30-14-18(33(2)3)12-17-4-5-21-19(23(17)26)15-31-32-21/h4-7,10-11,15,18,20H,8-9,12-14H2,1-3H3,(H,30,34)(H,31,32)/t18-,20+/m0/s1. The molecule has 2 aromatic heterocycles. The van der Waals surface area contributed by atoms with Crippen molar-refractivity contribution < 1.29 is 13.6 Å². The number of fused-ring (bicyclic) bond motifs is 1. The van der Waals surface area contributed by atoms with Crippen LogP contribution in [-0.4, -0.2) is 58.6 Å². The van der Waals surface area contributed by atoms with Gasteiger partial charge in [0.25, 0.3) is 5.92 Å². The molecule has 1 amide bonds. The van der Waals surface area contributed by atoms with Crippen LogP contribution in [0.2, 0.25) is 5.02 Å². The van der Waals surface area contributed by atoms with Crippen molar-refractivity contribution in [3.63, 3.8) is 0 Å². The molecule has 34 heavy (non-hydrogen) atoms. The van der Waals surface area contributed by atoms with Crippen molar-refractivity contribution in [2.75, 3.05) is 20.6 Å². The molecule has 0 bridgehead atoms. The number of H-pyrrole nitrogens is 1. The van der Waals surface area contributed by atoms with Crippen molar-refractivity contribution in [1.29, 1.82) is 0 Å². The molecule has 0 radical (unpaired) electrons. The quantitative estimate of drug-likeness (QED) is 0.428. The van der Waals surface area contributed by atoms with E-state index >= 15 is 0 Å². The van der Waals surface area contributed by atoms with E-state index < -0.39 is 17.3 Å². The van der Waals surface area contributed by atoms with Gasteiger partial charge in [-0.2, -0.15) is 5.10 Å². The van der Waals surface area contributed by atoms with Gasteiger partial charge in [0, 0.05) is 48.1 Å². The fraction of sp³-hybridized carbons (Fsp3) is 0.480. The number of alkyl halides is 2. The fourth-order valence-electron chi connectivity index (χ4n) is 4.82. The van der Waals surface area contributed by atoms with Gasteiger partial charge in [-0.05, 0) is 69.6 Å². The number of likely N-dealkylation sites (N-methyl/N-ethyl adjacent to an activating group) is 1. The number of halogens is 3. The third-order valence-electron chi connectivity index (χ3n) is 7.19. The number of carbonyl (C=O) groups excluding carboxylic acids is 1. The van der Waals surface area contributed by atoms with Crippen molar-refractivity contribution in [2.45, 2.75) is 50.5 Å². The average Bonchev–Trinajstić information content (AvgIpc) is 3.47. The van der Waals surface area contributed by atoms with Crippen molar-refractivity contribution in [1.82, 2.24) is 25.4 Å². The van der Waals surface area contributed by atoms with Crippen molar-refractivity contribution in [2.24, 2.45) is 5.41 Å². The van der Waals surface area contributed by atoms with E-state index in [1.165, 1.54) is 0 Å². The van der Waals surface area contributed by atoms with E-state index in [-0.39, 0.29) is 18.4 Å². The highest BCUT2D eigenvalue weighted by Gasteiger charge is 2.63. The first-order valence-electron chi connectivity index (χ1n) is 11.4. The minimum atomic E-state index is -2.87. The second-order valence-electron chi connectivity index (χ2n) is 9.58. The SMILES string of the molecule is CN(C)[C@H](CNC(=O)C[C@H](c1ccncc1)C1(C(C)(F)F)CC1)Cc1ccc2[nH]ncc2c1Cl. The molecule has 182 valence electrons. The lowest BCUT2D eigenvalue weighted by Gasteiger charge is -2.32. The van der Waals surface area contributed by atoms with Gasteiger partial charge < -0.3 is 10.2 Å². The topological polar surface area (TPSA) is 73.9 Å². The average molecular weight is 490 g/mol. The first kappa shape index (κ1) is 24.5. The Bertz CT molecular complexity index is 1140. The molecule has 0 unspecified atom stereocenters. The molecule has 2 N–H and O–H groups in total. The van der Waals surface area contributed by atoms with Crippen molar-refractivity contribution in [3.05, 3.63) is 59.0 Å². The van der Waals surface area contributed by atoms with Gasteiger partial charge in [-0.25, -0.2) is 8.78 Å². The van der Waals surface area contributed by atoms with Gasteiger partial charge in [0.05, 0.1) is 16.7 Å². The number of nitrogens with zero attached hydrogens (tertiary/aromatic N) is 3. The Morgan fingerprint density at radius 1 is 1.26 bits per heavy atom. The van der Waals surface area contributed by atoms with E-state index in [0.717, 1.165) is 29.0 Å². The Kier molecular flexibility index (Phi) is 6.92. The Hall–Kier alpha value is -2.58. The summed E-state index contributed by atoms with van der Waals surface area (Å²) in [5, 5.41) is 11.4. The molecular weight excluding hydrogens is 460 g/mol. The summed E-state index contributed by atoms with van der Waals surface area (Å²) in [6.07, 6.45) is 6.33. The Morgan fingerprint density at radius 3 is 2.59 bits per heavy atom. The first-order valence-corrected chi connectivity index (χ1v) is 11.8. The predicted octanol–water partition coefficient (Wildman–Crippen LogP) is 4.81. The summed E-state index contributed by atoms with van der Waals surface area (Å²) in [7, 11) is 3.88. The molecule has 0 spiro atoms. The highest BCUT2D eigenvalue weighted by Crippen LogP contribution is 2.65. The molecule has 1 aliphatic rings. The normalized spacial score (nSPS) is 17.0. The third kappa shape index (κ3) is 4.93. The minimum absolute atomic E-state index is 0.00925. The van der Waals surface area contributed by atoms with Gasteiger partial charge in [-0.15, -0.1) is 0 Å². The van der Waals surface area contributed by atoms with Crippen LogP contribution in [0.25, 0.3) is 10.9 Å². The highest BCUT2D eigenvalue weighted by molar-refractivity contribution is 6.36. The van der Waals surface area contributed by atoms with Crippen LogP contribution in [0.5, 0.6) is 0 Å². The molecule has 1 saturated carbocycles. The lowest BCUT2D eigenvalue weighted by atomic mass is 9.77. The maximum Gasteiger partial charge on any atom is 0.251 e. The monoisotopic (exact) mass is 489 g/mol. The number of amides is 1. The zero-order chi connectivity index (χ0) is 24.5. The summed E-state index contributed by atoms with van der Waals surface area (Å²) < 4.78 is 29.1. The Morgan fingerprint density at radius 2 is 1.97 bits per heavy atom. The van der Waals surface area contributed by atoms with E-state index in [1.807, 2.05) is 31.1 Å². The van der Waals surface area contributed by atoms with Crippen LogP contribution in [0.1, 0.15) is 43.2 Å². The van der Waals surface area contributed by atoms with Gasteiger partial charge in [-0.3, -0.25) is 14.9 Å². The number of rotatable bonds is 10. The smallest absolute Gasteiger partial charge is 0.251 e. The minimum Gasteiger partial charge on any atom is -0.355 e. The summed E-state index contributed by atoms with van der Waals surface area (Å²) >= 11 is 6.59. The Labute approximate surface area is 203 Å². The highest BCUT2D eigenvalue weighted by atomic mass is 35.5. The van der Waals surface area contributed by atoms with Crippen LogP contribution >= 0.6 is 11.6 Å². The number of hydrogen-bond donors (Lipinski definition) is 2. The largest absolute Gasteiger partial charge is 0.355 e. The number of nitrogens with one attached hydrogen (secondary N) is 2. The lowest BCUT2D eigenvalue weighted by Crippen LogP contribution is -2.43. The fourth-order valence-corrected chi connectivity index (χ4v) is 5.11. The summed E-state index contributed by atoms with van der Waals surface area (Å²) in [4.78, 5) is 19.0. The van der Waals surface area contributed by atoms with Crippen LogP contribution in [0, 0.1) is 5.41 Å². The predicted molar refractivity (Wildman–Crippen MR) is 129 cm³/mol. The van der Waals surface area contributed by atoms with E-state index in [1.54, 1.807) is 30.7 Å². The molecule has 0 aliphatic heterocycles. The molecule has 6 nitrogen and oxygen atoms in total. The summed E-state index contributed by atoms with van der Waals surface area (Å²) in [6.45, 7) is 1.35. The molecule has 1 aliphatic carbocycles. The molecule has 4 rings (SSSR count). The third-order valence-corrected chi connectivity index (χ3v) is 7.63. The number of hydrogen-bond acceptors (Lipinski definition) is 4. The van der Waals surface area contributed by atoms with Crippen LogP contribution in [0.4, 0.5) is 8.78 Å². The van der Waals surface area contributed by atoms with Gasteiger partial charge >= 0.3 is 0 Å². The maximum absolute atomic E-state index is 14.6. The molecule has 1 fully saturated rings. The number of aromatic nitrogens is 3. The van der Waals surface area contributed by atoms with E-state index in [4.69, 9.17) is 11.6 Å². The second kappa shape index (κ2) is 9.58. The molecule has 1 aromatic carbocycles.